The zero-order valence-electron chi connectivity index (χ0n) is 26.0. The Morgan fingerprint density at radius 3 is 1.84 bits per heavy atom. The van der Waals surface area contributed by atoms with Crippen molar-refractivity contribution in [1.29, 1.82) is 0 Å². The summed E-state index contributed by atoms with van der Waals surface area (Å²) in [6.45, 7) is 12.8. The van der Waals surface area contributed by atoms with Gasteiger partial charge in [-0.1, -0.05) is 60.4 Å². The van der Waals surface area contributed by atoms with Crippen LogP contribution in [-0.4, -0.2) is 32.9 Å². The van der Waals surface area contributed by atoms with E-state index in [0.29, 0.717) is 19.3 Å². The number of carboxylic acids is 1. The van der Waals surface area contributed by atoms with Crippen LogP contribution < -0.4 is 9.97 Å². The van der Waals surface area contributed by atoms with E-state index in [4.69, 9.17) is 25.2 Å². The van der Waals surface area contributed by atoms with Crippen molar-refractivity contribution in [2.45, 2.75) is 80.1 Å². The van der Waals surface area contributed by atoms with Crippen LogP contribution in [-0.2, 0) is 42.0 Å². The van der Waals surface area contributed by atoms with E-state index >= 15 is 0 Å². The van der Waals surface area contributed by atoms with Crippen molar-refractivity contribution in [2.75, 3.05) is 6.61 Å². The molecule has 0 aliphatic carbocycles. The fourth-order valence-electron chi connectivity index (χ4n) is 6.14. The summed E-state index contributed by atoms with van der Waals surface area (Å²) in [6.07, 6.45) is 3.35. The maximum absolute atomic E-state index is 11.6. The molecule has 3 aromatic rings. The Bertz CT molecular complexity index is 1800. The first-order valence-electron chi connectivity index (χ1n) is 14.7. The second-order valence-electron chi connectivity index (χ2n) is 11.1. The van der Waals surface area contributed by atoms with Crippen molar-refractivity contribution in [1.82, 2.24) is 19.9 Å². The molecule has 8 bridgehead atoms. The number of hydrogen-bond donors (Lipinski definition) is 2. The van der Waals surface area contributed by atoms with Gasteiger partial charge in [0.25, 0.3) is 0 Å². The van der Waals surface area contributed by atoms with Crippen molar-refractivity contribution in [3.05, 3.63) is 69.3 Å². The van der Waals surface area contributed by atoms with Crippen LogP contribution >= 0.6 is 0 Å². The average molecular weight is 632 g/mol. The van der Waals surface area contributed by atoms with Gasteiger partial charge in [0.05, 0.1) is 29.4 Å². The van der Waals surface area contributed by atoms with Gasteiger partial charge in [-0.2, -0.15) is 0 Å². The van der Waals surface area contributed by atoms with Crippen LogP contribution in [0, 0.1) is 13.8 Å². The SMILES string of the molecule is CCC1=C(C)c2cc3[n-]c(cc4nc(cc5[n-]c(cc1n2)c(C)c5CCC(=O)O)C(CCCOO)=C4C)c(C)c3CC.[Zn+2]. The summed E-state index contributed by atoms with van der Waals surface area (Å²) in [5.41, 5.74) is 15.3. The summed E-state index contributed by atoms with van der Waals surface area (Å²) in [6, 6.07) is 8.16. The minimum absolute atomic E-state index is 0. The van der Waals surface area contributed by atoms with Crippen molar-refractivity contribution in [3.8, 4) is 0 Å². The molecule has 8 nitrogen and oxygen atoms in total. The smallest absolute Gasteiger partial charge is 0.657 e. The van der Waals surface area contributed by atoms with Crippen LogP contribution in [0.2, 0.25) is 0 Å². The van der Waals surface area contributed by atoms with E-state index in [9.17, 15) is 9.90 Å². The van der Waals surface area contributed by atoms with E-state index in [0.717, 1.165) is 91.1 Å². The number of carbonyl (C=O) groups is 1. The molecule has 0 unspecified atom stereocenters. The topological polar surface area (TPSA) is 121 Å². The summed E-state index contributed by atoms with van der Waals surface area (Å²) in [5, 5.41) is 18.4. The standard InChI is InChI=1S/C34H39N4O4.Zn/c1-7-22-18(3)26-14-27-20(5)24(10-9-13-42-41)32(37-27)17-33-25(11-12-34(39)40)21(6)29(38-33)16-31-23(8-2)19(4)28(36-31)15-30(22)35-26;/h14-17H,7-13H2,1-6H3,(H3-,35,36,37,38,39,40,41);/q-1;+2/p-1. The number of aryl methyl sites for hydroxylation is 4. The van der Waals surface area contributed by atoms with Crippen LogP contribution in [0.15, 0.2) is 24.3 Å². The van der Waals surface area contributed by atoms with Crippen molar-refractivity contribution in [2.24, 2.45) is 0 Å². The van der Waals surface area contributed by atoms with Gasteiger partial charge >= 0.3 is 25.4 Å². The molecule has 0 atom stereocenters. The fraction of sp³-hybridized carbons (Fsp3) is 0.382. The van der Waals surface area contributed by atoms with Crippen molar-refractivity contribution in [3.63, 3.8) is 0 Å². The van der Waals surface area contributed by atoms with Crippen LogP contribution in [0.5, 0.6) is 0 Å². The van der Waals surface area contributed by atoms with E-state index in [2.05, 4.69) is 51.6 Å². The van der Waals surface area contributed by atoms with Crippen LogP contribution in [0.25, 0.3) is 44.4 Å². The quantitative estimate of drug-likeness (QED) is 0.109. The number of carboxylic acid groups (broad SMARTS) is 1. The third-order valence-electron chi connectivity index (χ3n) is 8.60. The van der Waals surface area contributed by atoms with Gasteiger partial charge in [-0.25, -0.2) is 14.9 Å². The molecule has 0 radical (unpaired) electrons. The molecule has 0 amide bonds. The molecular weight excluding hydrogens is 594 g/mol. The fourth-order valence-corrected chi connectivity index (χ4v) is 6.14. The molecule has 5 heterocycles. The Hall–Kier alpha value is -3.39. The molecule has 9 heteroatoms. The van der Waals surface area contributed by atoms with Gasteiger partial charge in [-0.15, -0.1) is 22.1 Å². The molecule has 2 aliphatic heterocycles. The normalized spacial score (nSPS) is 13.1. The molecule has 0 spiro atoms. The summed E-state index contributed by atoms with van der Waals surface area (Å²) in [5.74, 6) is -0.848. The molecule has 0 saturated heterocycles. The summed E-state index contributed by atoms with van der Waals surface area (Å²) < 4.78 is 0. The first kappa shape index (κ1) is 32.5. The van der Waals surface area contributed by atoms with E-state index in [1.54, 1.807) is 0 Å². The van der Waals surface area contributed by atoms with Gasteiger partial charge in [0.15, 0.2) is 0 Å². The Labute approximate surface area is 265 Å². The van der Waals surface area contributed by atoms with Crippen LogP contribution in [0.1, 0.15) is 98.4 Å². The van der Waals surface area contributed by atoms with Gasteiger partial charge in [0.1, 0.15) is 0 Å². The number of aromatic nitrogens is 4. The Morgan fingerprint density at radius 1 is 0.744 bits per heavy atom. The average Bonchev–Trinajstić information content (AvgIpc) is 3.61. The van der Waals surface area contributed by atoms with E-state index < -0.39 is 5.97 Å². The van der Waals surface area contributed by atoms with E-state index in [-0.39, 0.29) is 32.5 Å². The molecule has 5 rings (SSSR count). The maximum atomic E-state index is 11.6. The number of fused-ring (bicyclic) bond motifs is 8. The van der Waals surface area contributed by atoms with Gasteiger partial charge in [-0.05, 0) is 82.1 Å². The van der Waals surface area contributed by atoms with Crippen molar-refractivity contribution >= 4 is 50.3 Å². The van der Waals surface area contributed by atoms with E-state index in [1.807, 2.05) is 19.1 Å². The zero-order valence-corrected chi connectivity index (χ0v) is 28.9. The maximum Gasteiger partial charge on any atom is 2.00 e. The minimum Gasteiger partial charge on any atom is -0.657 e. The third kappa shape index (κ3) is 6.30. The Kier molecular flexibility index (Phi) is 10.2. The van der Waals surface area contributed by atoms with Gasteiger partial charge in [0.2, 0.25) is 0 Å². The number of aliphatic carboxylic acids is 1. The first-order chi connectivity index (χ1) is 20.2. The largest absolute Gasteiger partial charge is 2.00 e. The molecule has 0 saturated carbocycles. The number of hydrogen-bond acceptors (Lipinski definition) is 5. The second kappa shape index (κ2) is 13.5. The Morgan fingerprint density at radius 2 is 1.26 bits per heavy atom. The Balaban J connectivity index is 0.00000423. The van der Waals surface area contributed by atoms with Crippen LogP contribution in [0.3, 0.4) is 0 Å². The molecule has 2 N–H and O–H groups in total. The molecule has 220 valence electrons. The number of allylic oxidation sites excluding steroid dienone is 4. The molecule has 43 heavy (non-hydrogen) atoms. The van der Waals surface area contributed by atoms with Gasteiger partial charge in [0, 0.05) is 6.42 Å². The number of rotatable bonds is 9. The molecule has 3 aromatic heterocycles. The second-order valence-corrected chi connectivity index (χ2v) is 11.1. The first-order valence-corrected chi connectivity index (χ1v) is 14.7. The van der Waals surface area contributed by atoms with Gasteiger partial charge < -0.3 is 15.1 Å². The summed E-state index contributed by atoms with van der Waals surface area (Å²) >= 11 is 0. The molecule has 2 aliphatic rings. The monoisotopic (exact) mass is 630 g/mol. The molecule has 0 fully saturated rings. The number of nitrogens with zero attached hydrogens (tertiary/aromatic N) is 4. The third-order valence-corrected chi connectivity index (χ3v) is 8.60. The predicted octanol–water partition coefficient (Wildman–Crippen LogP) is 7.31. The van der Waals surface area contributed by atoms with E-state index in [1.165, 1.54) is 11.1 Å². The van der Waals surface area contributed by atoms with Gasteiger partial charge in [-0.3, -0.25) is 10.1 Å². The summed E-state index contributed by atoms with van der Waals surface area (Å²) in [4.78, 5) is 36.1. The zero-order chi connectivity index (χ0) is 30.1. The predicted molar refractivity (Wildman–Crippen MR) is 167 cm³/mol. The van der Waals surface area contributed by atoms with Crippen molar-refractivity contribution < 1.29 is 39.5 Å². The van der Waals surface area contributed by atoms with Crippen LogP contribution in [0.4, 0.5) is 0 Å². The molecule has 0 aromatic carbocycles. The molecular formula is C34H38N4O4Zn. The summed E-state index contributed by atoms with van der Waals surface area (Å²) in [7, 11) is 0. The minimum atomic E-state index is -0.848.